The molecule has 0 heterocycles. The third-order valence-corrected chi connectivity index (χ3v) is 2.99. The van der Waals surface area contributed by atoms with Crippen LogP contribution in [0.25, 0.3) is 0 Å². The van der Waals surface area contributed by atoms with Gasteiger partial charge in [-0.3, -0.25) is 4.79 Å². The summed E-state index contributed by atoms with van der Waals surface area (Å²) in [6, 6.07) is 12.6. The zero-order chi connectivity index (χ0) is 15.2. The van der Waals surface area contributed by atoms with Crippen molar-refractivity contribution in [2.75, 3.05) is 17.7 Å². The van der Waals surface area contributed by atoms with Crippen molar-refractivity contribution in [3.8, 4) is 5.75 Å². The molecule has 0 saturated carbocycles. The van der Waals surface area contributed by atoms with Crippen LogP contribution in [0.5, 0.6) is 5.75 Å². The standard InChI is InChI=1S/C16H17FN2O2/c1-11(18-13-9-7-12(17)8-10-13)16(20)19-14-5-3-4-6-15(14)21-2/h3-11,18H,1-2H3,(H,19,20). The molecule has 0 aliphatic carbocycles. The zero-order valence-corrected chi connectivity index (χ0v) is 11.9. The maximum absolute atomic E-state index is 12.8. The van der Waals surface area contributed by atoms with Crippen molar-refractivity contribution in [1.29, 1.82) is 0 Å². The van der Waals surface area contributed by atoms with Crippen molar-refractivity contribution in [2.45, 2.75) is 13.0 Å². The quantitative estimate of drug-likeness (QED) is 0.887. The molecule has 1 atom stereocenters. The second-order valence-corrected chi connectivity index (χ2v) is 4.56. The minimum absolute atomic E-state index is 0.205. The molecule has 0 radical (unpaired) electrons. The molecule has 0 aliphatic rings. The lowest BCUT2D eigenvalue weighted by Crippen LogP contribution is -2.31. The topological polar surface area (TPSA) is 50.4 Å². The molecule has 4 nitrogen and oxygen atoms in total. The minimum Gasteiger partial charge on any atom is -0.495 e. The molecule has 2 aromatic carbocycles. The fourth-order valence-electron chi connectivity index (χ4n) is 1.85. The van der Waals surface area contributed by atoms with E-state index in [-0.39, 0.29) is 11.7 Å². The molecule has 0 aliphatic heterocycles. The lowest BCUT2D eigenvalue weighted by molar-refractivity contribution is -0.116. The first-order valence-corrected chi connectivity index (χ1v) is 6.56. The molecule has 0 fully saturated rings. The first-order chi connectivity index (χ1) is 10.1. The highest BCUT2D eigenvalue weighted by atomic mass is 19.1. The molecule has 1 unspecified atom stereocenters. The Morgan fingerprint density at radius 1 is 1.14 bits per heavy atom. The normalized spacial score (nSPS) is 11.6. The van der Waals surface area contributed by atoms with Crippen molar-refractivity contribution in [3.05, 3.63) is 54.3 Å². The van der Waals surface area contributed by atoms with Gasteiger partial charge in [-0.05, 0) is 43.3 Å². The number of methoxy groups -OCH3 is 1. The molecule has 0 saturated heterocycles. The highest BCUT2D eigenvalue weighted by Gasteiger charge is 2.14. The molecule has 5 heteroatoms. The van der Waals surface area contributed by atoms with E-state index < -0.39 is 6.04 Å². The maximum Gasteiger partial charge on any atom is 0.246 e. The Labute approximate surface area is 122 Å². The molecule has 1 amide bonds. The van der Waals surface area contributed by atoms with Gasteiger partial charge in [-0.25, -0.2) is 4.39 Å². The molecule has 0 spiro atoms. The number of hydrogen-bond acceptors (Lipinski definition) is 3. The van der Waals surface area contributed by atoms with Gasteiger partial charge in [0.1, 0.15) is 17.6 Å². The number of carbonyl (C=O) groups is 1. The predicted octanol–water partition coefficient (Wildman–Crippen LogP) is 3.27. The monoisotopic (exact) mass is 288 g/mol. The first kappa shape index (κ1) is 14.8. The summed E-state index contributed by atoms with van der Waals surface area (Å²) in [7, 11) is 1.55. The van der Waals surface area contributed by atoms with Gasteiger partial charge in [0, 0.05) is 5.69 Å². The summed E-state index contributed by atoms with van der Waals surface area (Å²) in [4.78, 5) is 12.1. The van der Waals surface area contributed by atoms with Crippen LogP contribution in [0.3, 0.4) is 0 Å². The third kappa shape index (κ3) is 3.95. The van der Waals surface area contributed by atoms with Crippen molar-refractivity contribution in [2.24, 2.45) is 0 Å². The smallest absolute Gasteiger partial charge is 0.246 e. The Morgan fingerprint density at radius 2 is 1.81 bits per heavy atom. The van der Waals surface area contributed by atoms with E-state index >= 15 is 0 Å². The van der Waals surface area contributed by atoms with Crippen molar-refractivity contribution >= 4 is 17.3 Å². The van der Waals surface area contributed by atoms with Gasteiger partial charge in [-0.1, -0.05) is 12.1 Å². The van der Waals surface area contributed by atoms with Gasteiger partial charge >= 0.3 is 0 Å². The van der Waals surface area contributed by atoms with Crippen LogP contribution in [0.4, 0.5) is 15.8 Å². The average Bonchev–Trinajstić information content (AvgIpc) is 2.50. The maximum atomic E-state index is 12.8. The molecular formula is C16H17FN2O2. The largest absolute Gasteiger partial charge is 0.495 e. The Balaban J connectivity index is 2.01. The number of halogens is 1. The molecule has 0 bridgehead atoms. The molecular weight excluding hydrogens is 271 g/mol. The van der Waals surface area contributed by atoms with E-state index in [2.05, 4.69) is 10.6 Å². The second-order valence-electron chi connectivity index (χ2n) is 4.56. The van der Waals surface area contributed by atoms with Gasteiger partial charge in [0.2, 0.25) is 5.91 Å². The first-order valence-electron chi connectivity index (χ1n) is 6.56. The summed E-state index contributed by atoms with van der Waals surface area (Å²) in [5, 5.41) is 5.80. The van der Waals surface area contributed by atoms with Crippen LogP contribution in [0, 0.1) is 5.82 Å². The number of ether oxygens (including phenoxy) is 1. The van der Waals surface area contributed by atoms with Gasteiger partial charge in [-0.2, -0.15) is 0 Å². The van der Waals surface area contributed by atoms with Gasteiger partial charge < -0.3 is 15.4 Å². The van der Waals surface area contributed by atoms with Gasteiger partial charge in [0.05, 0.1) is 12.8 Å². The van der Waals surface area contributed by atoms with Crippen molar-refractivity contribution < 1.29 is 13.9 Å². The van der Waals surface area contributed by atoms with Crippen LogP contribution in [-0.4, -0.2) is 19.1 Å². The van der Waals surface area contributed by atoms with Crippen LogP contribution in [0.15, 0.2) is 48.5 Å². The van der Waals surface area contributed by atoms with E-state index in [9.17, 15) is 9.18 Å². The Bertz CT molecular complexity index is 614. The minimum atomic E-state index is -0.472. The van der Waals surface area contributed by atoms with Crippen LogP contribution in [-0.2, 0) is 4.79 Å². The molecule has 0 aromatic heterocycles. The number of benzene rings is 2. The van der Waals surface area contributed by atoms with Crippen LogP contribution >= 0.6 is 0 Å². The molecule has 110 valence electrons. The van der Waals surface area contributed by atoms with E-state index in [1.807, 2.05) is 12.1 Å². The molecule has 2 aromatic rings. The number of anilines is 2. The van der Waals surface area contributed by atoms with Gasteiger partial charge in [0.25, 0.3) is 0 Å². The lowest BCUT2D eigenvalue weighted by Gasteiger charge is -2.16. The number of amides is 1. The highest BCUT2D eigenvalue weighted by Crippen LogP contribution is 2.23. The fraction of sp³-hybridized carbons (Fsp3) is 0.188. The van der Waals surface area contributed by atoms with Gasteiger partial charge in [0.15, 0.2) is 0 Å². The Hall–Kier alpha value is -2.56. The SMILES string of the molecule is COc1ccccc1NC(=O)C(C)Nc1ccc(F)cc1. The zero-order valence-electron chi connectivity index (χ0n) is 11.9. The number of hydrogen-bond donors (Lipinski definition) is 2. The van der Waals surface area contributed by atoms with Crippen molar-refractivity contribution in [1.82, 2.24) is 0 Å². The summed E-state index contributed by atoms with van der Waals surface area (Å²) in [5.41, 5.74) is 1.29. The lowest BCUT2D eigenvalue weighted by atomic mass is 10.2. The Morgan fingerprint density at radius 3 is 2.48 bits per heavy atom. The summed E-state index contributed by atoms with van der Waals surface area (Å²) in [6.07, 6.45) is 0. The van der Waals surface area contributed by atoms with Gasteiger partial charge in [-0.15, -0.1) is 0 Å². The Kier molecular flexibility index (Phi) is 4.77. The van der Waals surface area contributed by atoms with Crippen LogP contribution < -0.4 is 15.4 Å². The molecule has 21 heavy (non-hydrogen) atoms. The highest BCUT2D eigenvalue weighted by molar-refractivity contribution is 5.97. The average molecular weight is 288 g/mol. The third-order valence-electron chi connectivity index (χ3n) is 2.99. The predicted molar refractivity (Wildman–Crippen MR) is 81.1 cm³/mol. The number of carbonyl (C=O) groups excluding carboxylic acids is 1. The van der Waals surface area contributed by atoms with E-state index in [0.717, 1.165) is 0 Å². The van der Waals surface area contributed by atoms with E-state index in [1.165, 1.54) is 12.1 Å². The summed E-state index contributed by atoms with van der Waals surface area (Å²) < 4.78 is 18.0. The summed E-state index contributed by atoms with van der Waals surface area (Å²) in [5.74, 6) is 0.0790. The number of para-hydroxylation sites is 2. The second kappa shape index (κ2) is 6.74. The van der Waals surface area contributed by atoms with Crippen LogP contribution in [0.2, 0.25) is 0 Å². The van der Waals surface area contributed by atoms with Crippen molar-refractivity contribution in [3.63, 3.8) is 0 Å². The number of nitrogens with one attached hydrogen (secondary N) is 2. The molecule has 2 N–H and O–H groups in total. The molecule has 2 rings (SSSR count). The van der Waals surface area contributed by atoms with Crippen LogP contribution in [0.1, 0.15) is 6.92 Å². The van der Waals surface area contributed by atoms with E-state index in [1.54, 1.807) is 38.3 Å². The van der Waals surface area contributed by atoms with E-state index in [0.29, 0.717) is 17.1 Å². The number of rotatable bonds is 5. The summed E-state index contributed by atoms with van der Waals surface area (Å²) in [6.45, 7) is 1.73. The fourth-order valence-corrected chi connectivity index (χ4v) is 1.85. The van der Waals surface area contributed by atoms with E-state index in [4.69, 9.17) is 4.74 Å². The summed E-state index contributed by atoms with van der Waals surface area (Å²) >= 11 is 0.